The molecule has 114 valence electrons. The Labute approximate surface area is 132 Å². The molecular weight excluding hydrogens is 334 g/mol. The highest BCUT2D eigenvalue weighted by Crippen LogP contribution is 2.24. The van der Waals surface area contributed by atoms with Gasteiger partial charge in [0.1, 0.15) is 0 Å². The van der Waals surface area contributed by atoms with Crippen molar-refractivity contribution in [1.82, 2.24) is 19.6 Å². The fourth-order valence-electron chi connectivity index (χ4n) is 2.25. The highest BCUT2D eigenvalue weighted by molar-refractivity contribution is 9.10. The number of rotatable bonds is 6. The van der Waals surface area contributed by atoms with Crippen LogP contribution in [0.4, 0.5) is 0 Å². The van der Waals surface area contributed by atoms with E-state index in [9.17, 15) is 4.79 Å². The molecule has 0 aliphatic carbocycles. The van der Waals surface area contributed by atoms with E-state index in [1.54, 1.807) is 24.1 Å². The number of carbonyl (C=O) groups is 1. The quantitative estimate of drug-likeness (QED) is 0.858. The first-order valence-corrected chi connectivity index (χ1v) is 7.78. The van der Waals surface area contributed by atoms with Crippen LogP contribution in [0.15, 0.2) is 16.9 Å². The number of hydrogen-bond donors (Lipinski definition) is 1. The van der Waals surface area contributed by atoms with E-state index in [4.69, 9.17) is 5.73 Å². The lowest BCUT2D eigenvalue weighted by Crippen LogP contribution is -2.24. The number of hydrogen-bond acceptors (Lipinski definition) is 4. The number of nitrogens with two attached hydrogens (primary N) is 1. The van der Waals surface area contributed by atoms with Gasteiger partial charge in [-0.05, 0) is 29.3 Å². The maximum atomic E-state index is 12.4. The van der Waals surface area contributed by atoms with Crippen LogP contribution in [0.3, 0.4) is 0 Å². The third-order valence-corrected chi connectivity index (χ3v) is 4.38. The third kappa shape index (κ3) is 3.24. The molecular formula is C14H20BrN5O. The van der Waals surface area contributed by atoms with Gasteiger partial charge in [0, 0.05) is 25.4 Å². The second kappa shape index (κ2) is 6.53. The smallest absolute Gasteiger partial charge is 0.160 e. The van der Waals surface area contributed by atoms with Crippen molar-refractivity contribution >= 4 is 21.7 Å². The van der Waals surface area contributed by atoms with Gasteiger partial charge in [-0.15, -0.1) is 0 Å². The molecule has 1 atom stereocenters. The van der Waals surface area contributed by atoms with Gasteiger partial charge >= 0.3 is 0 Å². The molecule has 0 spiro atoms. The van der Waals surface area contributed by atoms with Crippen molar-refractivity contribution in [3.05, 3.63) is 33.8 Å². The number of aryl methyl sites for hydroxylation is 3. The van der Waals surface area contributed by atoms with Crippen molar-refractivity contribution < 1.29 is 4.79 Å². The molecule has 2 aromatic heterocycles. The van der Waals surface area contributed by atoms with Gasteiger partial charge in [0.2, 0.25) is 0 Å². The molecule has 0 saturated carbocycles. The molecule has 21 heavy (non-hydrogen) atoms. The van der Waals surface area contributed by atoms with Crippen molar-refractivity contribution in [1.29, 1.82) is 0 Å². The van der Waals surface area contributed by atoms with Crippen LogP contribution in [0, 0.1) is 0 Å². The summed E-state index contributed by atoms with van der Waals surface area (Å²) in [6.45, 7) is 4.78. The van der Waals surface area contributed by atoms with Gasteiger partial charge in [-0.3, -0.25) is 14.2 Å². The van der Waals surface area contributed by atoms with Crippen LogP contribution >= 0.6 is 15.9 Å². The molecule has 0 fully saturated rings. The van der Waals surface area contributed by atoms with Crippen molar-refractivity contribution in [2.45, 2.75) is 39.3 Å². The summed E-state index contributed by atoms with van der Waals surface area (Å²) >= 11 is 3.55. The average Bonchev–Trinajstić information content (AvgIpc) is 3.03. The predicted octanol–water partition coefficient (Wildman–Crippen LogP) is 1.77. The Morgan fingerprint density at radius 2 is 2.19 bits per heavy atom. The number of Topliss-reactive ketones (excluding diaryl/α,β-unsaturated/α-hetero) is 1. The lowest BCUT2D eigenvalue weighted by Gasteiger charge is -2.10. The summed E-state index contributed by atoms with van der Waals surface area (Å²) in [6, 6.07) is -0.657. The van der Waals surface area contributed by atoms with Crippen LogP contribution in [0.25, 0.3) is 0 Å². The molecule has 0 aromatic carbocycles. The minimum atomic E-state index is -0.657. The Hall–Kier alpha value is -1.47. The molecule has 0 bridgehead atoms. The van der Waals surface area contributed by atoms with Crippen molar-refractivity contribution in [2.75, 3.05) is 0 Å². The molecule has 2 heterocycles. The van der Waals surface area contributed by atoms with Gasteiger partial charge in [-0.2, -0.15) is 10.2 Å². The maximum Gasteiger partial charge on any atom is 0.160 e. The lowest BCUT2D eigenvalue weighted by atomic mass is 10.0. The van der Waals surface area contributed by atoms with Crippen LogP contribution in [-0.2, 0) is 31.2 Å². The van der Waals surface area contributed by atoms with E-state index in [1.807, 2.05) is 18.5 Å². The molecule has 0 amide bonds. The maximum absolute atomic E-state index is 12.4. The van der Waals surface area contributed by atoms with Crippen LogP contribution in [0.2, 0.25) is 0 Å². The second-order valence-corrected chi connectivity index (χ2v) is 5.74. The minimum absolute atomic E-state index is 0.0408. The molecule has 2 aromatic rings. The average molecular weight is 354 g/mol. The Balaban J connectivity index is 2.21. The molecule has 1 unspecified atom stereocenters. The Morgan fingerprint density at radius 3 is 2.71 bits per heavy atom. The molecule has 6 nitrogen and oxygen atoms in total. The Bertz CT molecular complexity index is 646. The van der Waals surface area contributed by atoms with Crippen LogP contribution in [-0.4, -0.2) is 25.3 Å². The zero-order valence-corrected chi connectivity index (χ0v) is 14.1. The van der Waals surface area contributed by atoms with E-state index in [1.165, 1.54) is 0 Å². The number of halogens is 1. The highest BCUT2D eigenvalue weighted by Gasteiger charge is 2.22. The fraction of sp³-hybridized carbons (Fsp3) is 0.500. The van der Waals surface area contributed by atoms with Crippen molar-refractivity contribution in [3.8, 4) is 0 Å². The summed E-state index contributed by atoms with van der Waals surface area (Å²) < 4.78 is 4.42. The zero-order chi connectivity index (χ0) is 15.6. The summed E-state index contributed by atoms with van der Waals surface area (Å²) in [6.07, 6.45) is 4.49. The summed E-state index contributed by atoms with van der Waals surface area (Å²) in [7, 11) is 1.80. The monoisotopic (exact) mass is 353 g/mol. The first kappa shape index (κ1) is 15.9. The van der Waals surface area contributed by atoms with Gasteiger partial charge in [0.25, 0.3) is 0 Å². The SMILES string of the molecule is CCc1nn(CC)c(CC(=O)C(N)c2cnn(C)c2)c1Br. The van der Waals surface area contributed by atoms with E-state index >= 15 is 0 Å². The number of nitrogens with zero attached hydrogens (tertiary/aromatic N) is 4. The fourth-order valence-corrected chi connectivity index (χ4v) is 2.95. The summed E-state index contributed by atoms with van der Waals surface area (Å²) in [5, 5.41) is 8.55. The molecule has 2 rings (SSSR count). The molecule has 0 radical (unpaired) electrons. The van der Waals surface area contributed by atoms with Crippen molar-refractivity contribution in [2.24, 2.45) is 12.8 Å². The first-order chi connectivity index (χ1) is 9.97. The van der Waals surface area contributed by atoms with Gasteiger partial charge in [-0.25, -0.2) is 0 Å². The number of aromatic nitrogens is 4. The molecule has 0 saturated heterocycles. The van der Waals surface area contributed by atoms with Gasteiger partial charge in [-0.1, -0.05) is 6.92 Å². The molecule has 0 aliphatic rings. The standard InChI is InChI=1S/C14H20BrN5O/c1-4-10-13(15)11(20(5-2)18-10)6-12(21)14(16)9-7-17-19(3)8-9/h7-8,14H,4-6,16H2,1-3H3. The number of ketones is 1. The van der Waals surface area contributed by atoms with Gasteiger partial charge in [0.05, 0.1) is 34.5 Å². The predicted molar refractivity (Wildman–Crippen MR) is 83.8 cm³/mol. The van der Waals surface area contributed by atoms with E-state index in [-0.39, 0.29) is 12.2 Å². The normalized spacial score (nSPS) is 12.6. The van der Waals surface area contributed by atoms with E-state index in [0.717, 1.165) is 34.4 Å². The Morgan fingerprint density at radius 1 is 1.48 bits per heavy atom. The van der Waals surface area contributed by atoms with E-state index in [0.29, 0.717) is 0 Å². The lowest BCUT2D eigenvalue weighted by molar-refractivity contribution is -0.119. The van der Waals surface area contributed by atoms with Gasteiger partial charge < -0.3 is 5.73 Å². The third-order valence-electron chi connectivity index (χ3n) is 3.47. The first-order valence-electron chi connectivity index (χ1n) is 6.98. The molecule has 0 aliphatic heterocycles. The molecule has 7 heteroatoms. The second-order valence-electron chi connectivity index (χ2n) is 4.94. The summed E-state index contributed by atoms with van der Waals surface area (Å²) in [4.78, 5) is 12.4. The van der Waals surface area contributed by atoms with Crippen molar-refractivity contribution in [3.63, 3.8) is 0 Å². The number of carbonyl (C=O) groups excluding carboxylic acids is 1. The van der Waals surface area contributed by atoms with Crippen LogP contribution < -0.4 is 5.73 Å². The Kier molecular flexibility index (Phi) is 4.95. The largest absolute Gasteiger partial charge is 0.318 e. The van der Waals surface area contributed by atoms with Gasteiger partial charge in [0.15, 0.2) is 5.78 Å². The summed E-state index contributed by atoms with van der Waals surface area (Å²) in [5.41, 5.74) is 8.62. The van der Waals surface area contributed by atoms with E-state index in [2.05, 4.69) is 26.1 Å². The van der Waals surface area contributed by atoms with Crippen LogP contribution in [0.5, 0.6) is 0 Å². The highest BCUT2D eigenvalue weighted by atomic mass is 79.9. The van der Waals surface area contributed by atoms with Crippen LogP contribution in [0.1, 0.15) is 36.8 Å². The topological polar surface area (TPSA) is 78.7 Å². The minimum Gasteiger partial charge on any atom is -0.318 e. The summed E-state index contributed by atoms with van der Waals surface area (Å²) in [5.74, 6) is -0.0408. The zero-order valence-electron chi connectivity index (χ0n) is 12.5. The molecule has 2 N–H and O–H groups in total. The van der Waals surface area contributed by atoms with E-state index < -0.39 is 6.04 Å².